The number of hydrogen-bond acceptors (Lipinski definition) is 4. The molecule has 0 spiro atoms. The van der Waals surface area contributed by atoms with E-state index in [4.69, 9.17) is 11.6 Å². The van der Waals surface area contributed by atoms with Crippen LogP contribution in [0.25, 0.3) is 11.3 Å². The van der Waals surface area contributed by atoms with Crippen LogP contribution < -0.4 is 5.32 Å². The van der Waals surface area contributed by atoms with Crippen LogP contribution in [0.3, 0.4) is 0 Å². The molecule has 0 aliphatic carbocycles. The number of hydrogen-bond donors (Lipinski definition) is 1. The topological polar surface area (TPSA) is 58.1 Å². The maximum absolute atomic E-state index is 13.8. The van der Waals surface area contributed by atoms with Crippen LogP contribution in [0.2, 0.25) is 5.02 Å². The van der Waals surface area contributed by atoms with E-state index >= 15 is 0 Å². The highest BCUT2D eigenvalue weighted by molar-refractivity contribution is 6.30. The number of amides is 1. The van der Waals surface area contributed by atoms with Crippen LogP contribution in [0.4, 0.5) is 4.39 Å². The molecule has 5 nitrogen and oxygen atoms in total. The number of halogens is 2. The van der Waals surface area contributed by atoms with Gasteiger partial charge in [0.1, 0.15) is 5.82 Å². The van der Waals surface area contributed by atoms with Crippen molar-refractivity contribution in [1.82, 2.24) is 20.4 Å². The average molecular weight is 437 g/mol. The van der Waals surface area contributed by atoms with E-state index in [0.29, 0.717) is 0 Å². The zero-order valence-electron chi connectivity index (χ0n) is 17.2. The Morgan fingerprint density at radius 3 is 2.58 bits per heavy atom. The summed E-state index contributed by atoms with van der Waals surface area (Å²) in [7, 11) is 1.57. The van der Waals surface area contributed by atoms with Gasteiger partial charge in [-0.3, -0.25) is 9.69 Å². The van der Waals surface area contributed by atoms with Crippen molar-refractivity contribution in [2.75, 3.05) is 20.1 Å². The molecule has 1 saturated heterocycles. The Kier molecular flexibility index (Phi) is 4.99. The highest BCUT2D eigenvalue weighted by Crippen LogP contribution is 2.47. The predicted molar refractivity (Wildman–Crippen MR) is 118 cm³/mol. The molecule has 2 bridgehead atoms. The molecule has 0 saturated carbocycles. The van der Waals surface area contributed by atoms with Gasteiger partial charge in [0, 0.05) is 24.6 Å². The molecule has 4 heterocycles. The first-order chi connectivity index (χ1) is 15.0. The number of carbonyl (C=O) groups excluding carboxylic acids is 1. The molecule has 2 aromatic carbocycles. The van der Waals surface area contributed by atoms with E-state index in [2.05, 4.69) is 38.6 Å². The third-order valence-electron chi connectivity index (χ3n) is 6.62. The molecule has 7 heteroatoms. The summed E-state index contributed by atoms with van der Waals surface area (Å²) in [4.78, 5) is 14.2. The Hall–Kier alpha value is -2.83. The third-order valence-corrected chi connectivity index (χ3v) is 6.91. The standard InChI is InChI=1S/C24H22ClFN4O/c1-27-23(31)22-7-6-21(28-29-22)15-2-4-18-16(12-15)14-30-10-8-24(18,9-11-30)17-3-5-20(26)19(25)13-17/h2-7,12-13H,8-11,14H2,1H3,(H,27,31). The van der Waals surface area contributed by atoms with Crippen LogP contribution in [-0.4, -0.2) is 41.1 Å². The van der Waals surface area contributed by atoms with Crippen molar-refractivity contribution in [1.29, 1.82) is 0 Å². The highest BCUT2D eigenvalue weighted by Gasteiger charge is 2.42. The SMILES string of the molecule is CNC(=O)c1ccc(-c2ccc3c(c2)CN2CCC3(c3ccc(F)c(Cl)c3)CC2)nn1. The molecule has 6 rings (SSSR count). The molecule has 3 aromatic rings. The molecular weight excluding hydrogens is 415 g/mol. The second-order valence-corrected chi connectivity index (χ2v) is 8.65. The number of nitrogens with zero attached hydrogens (tertiary/aromatic N) is 3. The average Bonchev–Trinajstić information content (AvgIpc) is 3.06. The van der Waals surface area contributed by atoms with Crippen LogP contribution in [0.5, 0.6) is 0 Å². The molecule has 1 fully saturated rings. The lowest BCUT2D eigenvalue weighted by atomic mass is 9.68. The maximum atomic E-state index is 13.8. The summed E-state index contributed by atoms with van der Waals surface area (Å²) >= 11 is 6.15. The number of piperidine rings is 1. The van der Waals surface area contributed by atoms with E-state index in [-0.39, 0.29) is 27.9 Å². The molecule has 31 heavy (non-hydrogen) atoms. The van der Waals surface area contributed by atoms with Crippen LogP contribution in [0, 0.1) is 5.82 Å². The summed E-state index contributed by atoms with van der Waals surface area (Å²) < 4.78 is 13.8. The van der Waals surface area contributed by atoms with Gasteiger partial charge < -0.3 is 5.32 Å². The van der Waals surface area contributed by atoms with Crippen molar-refractivity contribution < 1.29 is 9.18 Å². The van der Waals surface area contributed by atoms with Gasteiger partial charge in [-0.2, -0.15) is 0 Å². The molecule has 0 atom stereocenters. The summed E-state index contributed by atoms with van der Waals surface area (Å²) in [5.41, 5.74) is 5.39. The minimum Gasteiger partial charge on any atom is -0.354 e. The van der Waals surface area contributed by atoms with E-state index in [1.165, 1.54) is 17.2 Å². The molecular formula is C24H22ClFN4O. The van der Waals surface area contributed by atoms with Crippen molar-refractivity contribution in [3.8, 4) is 11.3 Å². The molecule has 3 aliphatic heterocycles. The molecule has 0 radical (unpaired) electrons. The van der Waals surface area contributed by atoms with Crippen molar-refractivity contribution in [2.24, 2.45) is 0 Å². The summed E-state index contributed by atoms with van der Waals surface area (Å²) in [5, 5.41) is 11.0. The van der Waals surface area contributed by atoms with Gasteiger partial charge >= 0.3 is 0 Å². The minimum atomic E-state index is -0.387. The van der Waals surface area contributed by atoms with Gasteiger partial charge in [-0.25, -0.2) is 4.39 Å². The van der Waals surface area contributed by atoms with Gasteiger partial charge in [0.25, 0.3) is 5.91 Å². The number of aromatic nitrogens is 2. The molecule has 1 aromatic heterocycles. The Morgan fingerprint density at radius 2 is 1.90 bits per heavy atom. The van der Waals surface area contributed by atoms with Crippen LogP contribution in [-0.2, 0) is 12.0 Å². The lowest BCUT2D eigenvalue weighted by Crippen LogP contribution is -2.39. The van der Waals surface area contributed by atoms with Gasteiger partial charge in [0.2, 0.25) is 0 Å². The zero-order valence-corrected chi connectivity index (χ0v) is 17.9. The van der Waals surface area contributed by atoms with Gasteiger partial charge in [0.15, 0.2) is 5.69 Å². The van der Waals surface area contributed by atoms with Crippen molar-refractivity contribution >= 4 is 17.5 Å². The summed E-state index contributed by atoms with van der Waals surface area (Å²) in [5.74, 6) is -0.646. The first-order valence-corrected chi connectivity index (χ1v) is 10.8. The Balaban J connectivity index is 1.58. The van der Waals surface area contributed by atoms with Crippen molar-refractivity contribution in [3.63, 3.8) is 0 Å². The minimum absolute atomic E-state index is 0.170. The predicted octanol–water partition coefficient (Wildman–Crippen LogP) is 4.19. The molecule has 1 amide bonds. The lowest BCUT2D eigenvalue weighted by molar-refractivity contribution is 0.0957. The Morgan fingerprint density at radius 1 is 1.10 bits per heavy atom. The summed E-state index contributed by atoms with van der Waals surface area (Å²) in [6.45, 7) is 2.84. The van der Waals surface area contributed by atoms with Gasteiger partial charge in [-0.05, 0) is 73.0 Å². The first-order valence-electron chi connectivity index (χ1n) is 10.4. The van der Waals surface area contributed by atoms with Crippen LogP contribution in [0.1, 0.15) is 40.0 Å². The van der Waals surface area contributed by atoms with Gasteiger partial charge in [-0.1, -0.05) is 29.8 Å². The second kappa shape index (κ2) is 7.70. The number of benzene rings is 2. The fourth-order valence-corrected chi connectivity index (χ4v) is 5.11. The van der Waals surface area contributed by atoms with E-state index in [0.717, 1.165) is 49.3 Å². The third kappa shape index (κ3) is 3.40. The monoisotopic (exact) mass is 436 g/mol. The van der Waals surface area contributed by atoms with E-state index in [1.807, 2.05) is 12.1 Å². The summed E-state index contributed by atoms with van der Waals surface area (Å²) in [6.07, 6.45) is 1.95. The number of nitrogens with one attached hydrogen (secondary N) is 1. The fourth-order valence-electron chi connectivity index (χ4n) is 4.93. The van der Waals surface area contributed by atoms with Gasteiger partial charge in [-0.15, -0.1) is 10.2 Å². The first kappa shape index (κ1) is 20.1. The van der Waals surface area contributed by atoms with Crippen molar-refractivity contribution in [3.05, 3.63) is 81.8 Å². The van der Waals surface area contributed by atoms with E-state index < -0.39 is 0 Å². The van der Waals surface area contributed by atoms with Crippen molar-refractivity contribution in [2.45, 2.75) is 24.8 Å². The summed E-state index contributed by atoms with van der Waals surface area (Å²) in [6, 6.07) is 15.0. The van der Waals surface area contributed by atoms with E-state index in [9.17, 15) is 9.18 Å². The normalized spacial score (nSPS) is 22.0. The second-order valence-electron chi connectivity index (χ2n) is 8.24. The van der Waals surface area contributed by atoms with E-state index in [1.54, 1.807) is 19.2 Å². The molecule has 1 N–H and O–H groups in total. The van der Waals surface area contributed by atoms with Crippen LogP contribution in [0.15, 0.2) is 48.5 Å². The largest absolute Gasteiger partial charge is 0.354 e. The zero-order chi connectivity index (χ0) is 21.6. The van der Waals surface area contributed by atoms with Gasteiger partial charge in [0.05, 0.1) is 10.7 Å². The number of fused-ring (bicyclic) bond motifs is 2. The highest BCUT2D eigenvalue weighted by atomic mass is 35.5. The quantitative estimate of drug-likeness (QED) is 0.668. The number of rotatable bonds is 3. The molecule has 3 aliphatic rings. The Bertz CT molecular complexity index is 1160. The van der Waals surface area contributed by atoms with Crippen LogP contribution >= 0.6 is 11.6 Å². The molecule has 158 valence electrons. The Labute approximate surface area is 185 Å². The lowest BCUT2D eigenvalue weighted by Gasteiger charge is -2.39. The molecule has 0 unspecified atom stereocenters. The maximum Gasteiger partial charge on any atom is 0.271 e. The smallest absolute Gasteiger partial charge is 0.271 e. The number of carbonyl (C=O) groups is 1. The fraction of sp³-hybridized carbons (Fsp3) is 0.292.